The third-order valence-corrected chi connectivity index (χ3v) is 3.45. The fourth-order valence-electron chi connectivity index (χ4n) is 2.26. The zero-order valence-corrected chi connectivity index (χ0v) is 10.7. The minimum absolute atomic E-state index is 0.226. The Balaban J connectivity index is 1.90. The van der Waals surface area contributed by atoms with Crippen molar-refractivity contribution < 1.29 is 5.11 Å². The molecule has 2 N–H and O–H groups in total. The van der Waals surface area contributed by atoms with Crippen molar-refractivity contribution in [3.63, 3.8) is 0 Å². The maximum absolute atomic E-state index is 9.46. The molecule has 2 rings (SSSR count). The fraction of sp³-hybridized carbons (Fsp3) is 0.571. The second kappa shape index (κ2) is 5.52. The van der Waals surface area contributed by atoms with E-state index < -0.39 is 0 Å². The third kappa shape index (κ3) is 2.99. The molecule has 0 fully saturated rings. The van der Waals surface area contributed by atoms with Crippen molar-refractivity contribution in [3.8, 4) is 0 Å². The van der Waals surface area contributed by atoms with E-state index in [1.165, 1.54) is 16.8 Å². The van der Waals surface area contributed by atoms with Crippen molar-refractivity contribution in [2.75, 3.05) is 25.0 Å². The largest absolute Gasteiger partial charge is 0.392 e. The van der Waals surface area contributed by atoms with E-state index in [2.05, 4.69) is 35.5 Å². The van der Waals surface area contributed by atoms with Gasteiger partial charge in [-0.25, -0.2) is 0 Å². The van der Waals surface area contributed by atoms with E-state index in [9.17, 15) is 5.11 Å². The predicted molar refractivity (Wildman–Crippen MR) is 71.4 cm³/mol. The van der Waals surface area contributed by atoms with E-state index in [0.29, 0.717) is 6.54 Å². The van der Waals surface area contributed by atoms with Crippen LogP contribution in [0.2, 0.25) is 0 Å². The Morgan fingerprint density at radius 2 is 2.29 bits per heavy atom. The number of benzene rings is 1. The van der Waals surface area contributed by atoms with Crippen LogP contribution in [0.4, 0.5) is 5.69 Å². The van der Waals surface area contributed by atoms with Gasteiger partial charge in [0.05, 0.1) is 6.10 Å². The molecule has 3 nitrogen and oxygen atoms in total. The molecular formula is C14H22N2O. The number of anilines is 1. The van der Waals surface area contributed by atoms with Gasteiger partial charge in [-0.15, -0.1) is 0 Å². The lowest BCUT2D eigenvalue weighted by atomic mass is 10.1. The standard InChI is InChI=1S/C14H22N2O/c1-3-13(17)10-15-9-11-4-5-14-12(8-11)6-7-16(14)2/h4-5,8,13,15,17H,3,6-7,9-10H2,1-2H3. The molecule has 0 aliphatic carbocycles. The van der Waals surface area contributed by atoms with Gasteiger partial charge in [-0.05, 0) is 30.0 Å². The van der Waals surface area contributed by atoms with E-state index in [4.69, 9.17) is 0 Å². The highest BCUT2D eigenvalue weighted by Crippen LogP contribution is 2.27. The summed E-state index contributed by atoms with van der Waals surface area (Å²) in [5.41, 5.74) is 4.12. The highest BCUT2D eigenvalue weighted by Gasteiger charge is 2.15. The van der Waals surface area contributed by atoms with Crippen LogP contribution in [0.25, 0.3) is 0 Å². The van der Waals surface area contributed by atoms with Crippen LogP contribution >= 0.6 is 0 Å². The molecule has 0 spiro atoms. The van der Waals surface area contributed by atoms with Crippen LogP contribution in [0.15, 0.2) is 18.2 Å². The molecule has 17 heavy (non-hydrogen) atoms. The molecule has 0 amide bonds. The quantitative estimate of drug-likeness (QED) is 0.811. The lowest BCUT2D eigenvalue weighted by molar-refractivity contribution is 0.167. The van der Waals surface area contributed by atoms with E-state index in [-0.39, 0.29) is 6.10 Å². The van der Waals surface area contributed by atoms with Gasteiger partial charge in [-0.1, -0.05) is 19.1 Å². The molecule has 0 bridgehead atoms. The van der Waals surface area contributed by atoms with Crippen molar-refractivity contribution >= 4 is 5.69 Å². The van der Waals surface area contributed by atoms with Gasteiger partial charge in [0.15, 0.2) is 0 Å². The molecule has 1 aromatic rings. The first-order valence-electron chi connectivity index (χ1n) is 6.42. The number of aliphatic hydroxyl groups is 1. The van der Waals surface area contributed by atoms with E-state index in [1.54, 1.807) is 0 Å². The highest BCUT2D eigenvalue weighted by atomic mass is 16.3. The summed E-state index contributed by atoms with van der Waals surface area (Å²) in [7, 11) is 2.14. The first kappa shape index (κ1) is 12.4. The molecule has 1 atom stereocenters. The predicted octanol–water partition coefficient (Wildman–Crippen LogP) is 1.54. The molecule has 1 unspecified atom stereocenters. The summed E-state index contributed by atoms with van der Waals surface area (Å²) in [5, 5.41) is 12.7. The van der Waals surface area contributed by atoms with Crippen molar-refractivity contribution in [3.05, 3.63) is 29.3 Å². The summed E-state index contributed by atoms with van der Waals surface area (Å²) in [6.07, 6.45) is 1.73. The van der Waals surface area contributed by atoms with Gasteiger partial charge in [-0.3, -0.25) is 0 Å². The molecule has 1 aromatic carbocycles. The minimum Gasteiger partial charge on any atom is -0.392 e. The molecule has 0 saturated carbocycles. The van der Waals surface area contributed by atoms with E-state index in [0.717, 1.165) is 25.9 Å². The van der Waals surface area contributed by atoms with Gasteiger partial charge in [-0.2, -0.15) is 0 Å². The van der Waals surface area contributed by atoms with Gasteiger partial charge in [0, 0.05) is 32.4 Å². The summed E-state index contributed by atoms with van der Waals surface area (Å²) < 4.78 is 0. The van der Waals surface area contributed by atoms with Crippen LogP contribution in [0.5, 0.6) is 0 Å². The SMILES string of the molecule is CCC(O)CNCc1ccc2c(c1)CCN2C. The number of nitrogens with zero attached hydrogens (tertiary/aromatic N) is 1. The highest BCUT2D eigenvalue weighted by molar-refractivity contribution is 5.58. The molecule has 0 aromatic heterocycles. The van der Waals surface area contributed by atoms with Gasteiger partial charge in [0.1, 0.15) is 0 Å². The number of aliphatic hydroxyl groups excluding tert-OH is 1. The maximum Gasteiger partial charge on any atom is 0.0662 e. The number of rotatable bonds is 5. The average molecular weight is 234 g/mol. The second-order valence-electron chi connectivity index (χ2n) is 4.83. The third-order valence-electron chi connectivity index (χ3n) is 3.45. The molecular weight excluding hydrogens is 212 g/mol. The summed E-state index contributed by atoms with van der Waals surface area (Å²) >= 11 is 0. The number of hydrogen-bond acceptors (Lipinski definition) is 3. The lowest BCUT2D eigenvalue weighted by Gasteiger charge is -2.13. The Morgan fingerprint density at radius 3 is 3.06 bits per heavy atom. The Labute approximate surface area is 103 Å². The van der Waals surface area contributed by atoms with Crippen molar-refractivity contribution in [2.45, 2.75) is 32.4 Å². The molecule has 1 aliphatic heterocycles. The van der Waals surface area contributed by atoms with Crippen LogP contribution in [-0.2, 0) is 13.0 Å². The number of likely N-dealkylation sites (N-methyl/N-ethyl adjacent to an activating group) is 1. The summed E-state index contributed by atoms with van der Waals surface area (Å²) in [6, 6.07) is 6.66. The molecule has 1 heterocycles. The van der Waals surface area contributed by atoms with Crippen LogP contribution < -0.4 is 10.2 Å². The molecule has 3 heteroatoms. The van der Waals surface area contributed by atoms with Crippen LogP contribution in [-0.4, -0.2) is 31.3 Å². The van der Waals surface area contributed by atoms with Crippen molar-refractivity contribution in [1.82, 2.24) is 5.32 Å². The molecule has 0 saturated heterocycles. The van der Waals surface area contributed by atoms with Crippen LogP contribution in [0.1, 0.15) is 24.5 Å². The Bertz CT molecular complexity index is 378. The number of hydrogen-bond donors (Lipinski definition) is 2. The Hall–Kier alpha value is -1.06. The van der Waals surface area contributed by atoms with E-state index >= 15 is 0 Å². The van der Waals surface area contributed by atoms with Gasteiger partial charge in [0.25, 0.3) is 0 Å². The van der Waals surface area contributed by atoms with Crippen molar-refractivity contribution in [1.29, 1.82) is 0 Å². The second-order valence-corrected chi connectivity index (χ2v) is 4.83. The Kier molecular flexibility index (Phi) is 4.02. The smallest absolute Gasteiger partial charge is 0.0662 e. The monoisotopic (exact) mass is 234 g/mol. The zero-order chi connectivity index (χ0) is 12.3. The zero-order valence-electron chi connectivity index (χ0n) is 10.7. The minimum atomic E-state index is -0.226. The summed E-state index contributed by atoms with van der Waals surface area (Å²) in [4.78, 5) is 2.30. The van der Waals surface area contributed by atoms with Gasteiger partial charge >= 0.3 is 0 Å². The Morgan fingerprint density at radius 1 is 1.47 bits per heavy atom. The normalized spacial score (nSPS) is 16.1. The van der Waals surface area contributed by atoms with Crippen LogP contribution in [0.3, 0.4) is 0 Å². The maximum atomic E-state index is 9.46. The summed E-state index contributed by atoms with van der Waals surface area (Å²) in [5.74, 6) is 0. The van der Waals surface area contributed by atoms with Gasteiger partial charge in [0.2, 0.25) is 0 Å². The summed E-state index contributed by atoms with van der Waals surface area (Å²) in [6.45, 7) is 4.64. The molecule has 0 radical (unpaired) electrons. The van der Waals surface area contributed by atoms with Gasteiger partial charge < -0.3 is 15.3 Å². The molecule has 1 aliphatic rings. The average Bonchev–Trinajstić information content (AvgIpc) is 2.70. The number of nitrogens with one attached hydrogen (secondary N) is 1. The topological polar surface area (TPSA) is 35.5 Å². The molecule has 94 valence electrons. The first-order valence-corrected chi connectivity index (χ1v) is 6.42. The van der Waals surface area contributed by atoms with E-state index in [1.807, 2.05) is 6.92 Å². The first-order chi connectivity index (χ1) is 8.20. The fourth-order valence-corrected chi connectivity index (χ4v) is 2.26. The van der Waals surface area contributed by atoms with Crippen LogP contribution in [0, 0.1) is 0 Å². The lowest BCUT2D eigenvalue weighted by Crippen LogP contribution is -2.25. The number of fused-ring (bicyclic) bond motifs is 1. The van der Waals surface area contributed by atoms with Crippen molar-refractivity contribution in [2.24, 2.45) is 0 Å².